The fraction of sp³-hybridized carbons (Fsp3) is 0.276. The molecule has 3 aromatic carbocycles. The van der Waals surface area contributed by atoms with Gasteiger partial charge in [-0.15, -0.1) is 0 Å². The van der Waals surface area contributed by atoms with Crippen molar-refractivity contribution in [2.24, 2.45) is 4.99 Å². The molecule has 0 radical (unpaired) electrons. The van der Waals surface area contributed by atoms with E-state index < -0.39 is 11.7 Å². The number of carbonyl (C=O) groups is 2. The minimum absolute atomic E-state index is 0.0576. The van der Waals surface area contributed by atoms with E-state index in [0.29, 0.717) is 30.6 Å². The van der Waals surface area contributed by atoms with Crippen LogP contribution in [0.3, 0.4) is 0 Å². The summed E-state index contributed by atoms with van der Waals surface area (Å²) in [5, 5.41) is 2.77. The van der Waals surface area contributed by atoms with Gasteiger partial charge in [-0.2, -0.15) is 0 Å². The van der Waals surface area contributed by atoms with E-state index in [9.17, 15) is 14.0 Å². The van der Waals surface area contributed by atoms with Crippen LogP contribution in [0, 0.1) is 0 Å². The lowest BCUT2D eigenvalue weighted by Crippen LogP contribution is -2.48. The molecular formula is C29H33FN4O3. The largest absolute Gasteiger partial charge is 0.497 e. The summed E-state index contributed by atoms with van der Waals surface area (Å²) in [6.07, 6.45) is 1.15. The molecule has 0 heterocycles. The molecule has 0 atom stereocenters. The number of alkyl halides is 1. The van der Waals surface area contributed by atoms with Crippen LogP contribution in [0.2, 0.25) is 0 Å². The summed E-state index contributed by atoms with van der Waals surface area (Å²) in [5.74, 6) is 0.796. The van der Waals surface area contributed by atoms with E-state index in [1.54, 1.807) is 38.4 Å². The Kier molecular flexibility index (Phi) is 9.38. The maximum absolute atomic E-state index is 14.5. The number of nitrogens with one attached hydrogen (secondary N) is 1. The third-order valence-corrected chi connectivity index (χ3v) is 5.80. The predicted molar refractivity (Wildman–Crippen MR) is 144 cm³/mol. The minimum atomic E-state index is -1.57. The molecule has 0 aliphatic rings. The molecule has 194 valence electrons. The van der Waals surface area contributed by atoms with Gasteiger partial charge in [-0.05, 0) is 61.2 Å². The molecule has 0 bridgehead atoms. The van der Waals surface area contributed by atoms with Crippen LogP contribution in [-0.4, -0.2) is 48.9 Å². The Balaban J connectivity index is 1.85. The van der Waals surface area contributed by atoms with Crippen molar-refractivity contribution in [1.29, 1.82) is 0 Å². The molecule has 8 heteroatoms. The van der Waals surface area contributed by atoms with Crippen molar-refractivity contribution in [2.45, 2.75) is 32.5 Å². The topological polar surface area (TPSA) is 74.2 Å². The molecule has 0 aromatic heterocycles. The number of guanidine groups is 1. The van der Waals surface area contributed by atoms with Crippen LogP contribution in [0.5, 0.6) is 5.75 Å². The Morgan fingerprint density at radius 2 is 1.73 bits per heavy atom. The Morgan fingerprint density at radius 1 is 1.03 bits per heavy atom. The van der Waals surface area contributed by atoms with Crippen molar-refractivity contribution in [2.75, 3.05) is 20.7 Å². The van der Waals surface area contributed by atoms with Gasteiger partial charge in [-0.1, -0.05) is 54.6 Å². The lowest BCUT2D eigenvalue weighted by atomic mass is 10.00. The Labute approximate surface area is 217 Å². The molecule has 3 aromatic rings. The molecule has 0 unspecified atom stereocenters. The number of hydrogen-bond donors (Lipinski definition) is 1. The quantitative estimate of drug-likeness (QED) is 0.240. The SMILES string of the molecule is COc1ccc(CCN(C=O)C(=Nc2cccc(C(C)(C)F)c2)NC(=O)N(C)Cc2ccccc2)cc1. The molecule has 3 rings (SSSR count). The lowest BCUT2D eigenvalue weighted by Gasteiger charge is -2.24. The number of rotatable bonds is 9. The number of carbonyl (C=O) groups excluding carboxylic acids is 2. The first-order valence-corrected chi connectivity index (χ1v) is 12.0. The highest BCUT2D eigenvalue weighted by molar-refractivity contribution is 6.01. The van der Waals surface area contributed by atoms with Crippen LogP contribution in [0.4, 0.5) is 14.9 Å². The second kappa shape index (κ2) is 12.7. The van der Waals surface area contributed by atoms with E-state index in [2.05, 4.69) is 10.3 Å². The van der Waals surface area contributed by atoms with Gasteiger partial charge in [-0.25, -0.2) is 14.2 Å². The highest BCUT2D eigenvalue weighted by atomic mass is 19.1. The summed E-state index contributed by atoms with van der Waals surface area (Å²) >= 11 is 0. The van der Waals surface area contributed by atoms with Gasteiger partial charge in [0.15, 0.2) is 0 Å². The van der Waals surface area contributed by atoms with E-state index in [0.717, 1.165) is 16.9 Å². The number of aliphatic imine (C=N–C) groups is 1. The van der Waals surface area contributed by atoms with Gasteiger partial charge in [0.05, 0.1) is 12.8 Å². The Hall–Kier alpha value is -4.20. The Morgan fingerprint density at radius 3 is 2.35 bits per heavy atom. The molecule has 7 nitrogen and oxygen atoms in total. The van der Waals surface area contributed by atoms with Gasteiger partial charge < -0.3 is 9.64 Å². The molecule has 37 heavy (non-hydrogen) atoms. The molecule has 0 saturated carbocycles. The number of hydrogen-bond acceptors (Lipinski definition) is 4. The summed E-state index contributed by atoms with van der Waals surface area (Å²) in [4.78, 5) is 32.6. The van der Waals surface area contributed by atoms with E-state index >= 15 is 0 Å². The van der Waals surface area contributed by atoms with E-state index in [1.165, 1.54) is 23.6 Å². The molecule has 0 aliphatic heterocycles. The van der Waals surface area contributed by atoms with Crippen molar-refractivity contribution >= 4 is 24.1 Å². The second-order valence-corrected chi connectivity index (χ2v) is 9.13. The summed E-state index contributed by atoms with van der Waals surface area (Å²) in [5.41, 5.74) is 1.24. The first-order chi connectivity index (χ1) is 17.7. The first-order valence-electron chi connectivity index (χ1n) is 12.0. The van der Waals surface area contributed by atoms with Crippen molar-refractivity contribution < 1.29 is 18.7 Å². The van der Waals surface area contributed by atoms with Gasteiger partial charge in [0.1, 0.15) is 11.4 Å². The van der Waals surface area contributed by atoms with E-state index in [1.807, 2.05) is 54.6 Å². The van der Waals surface area contributed by atoms with Gasteiger partial charge in [0.2, 0.25) is 12.4 Å². The normalized spacial score (nSPS) is 11.5. The van der Waals surface area contributed by atoms with Crippen LogP contribution in [0.25, 0.3) is 0 Å². The number of nitrogens with zero attached hydrogens (tertiary/aromatic N) is 3. The number of urea groups is 1. The third-order valence-electron chi connectivity index (χ3n) is 5.80. The zero-order valence-electron chi connectivity index (χ0n) is 21.6. The van der Waals surface area contributed by atoms with Crippen LogP contribution in [0.15, 0.2) is 83.9 Å². The smallest absolute Gasteiger partial charge is 0.324 e. The number of halogens is 1. The molecule has 3 amide bonds. The van der Waals surface area contributed by atoms with Gasteiger partial charge in [0, 0.05) is 20.1 Å². The van der Waals surface area contributed by atoms with Crippen molar-refractivity contribution in [3.63, 3.8) is 0 Å². The van der Waals surface area contributed by atoms with E-state index in [4.69, 9.17) is 4.74 Å². The number of ether oxygens (including phenoxy) is 1. The average Bonchev–Trinajstić information content (AvgIpc) is 2.89. The maximum Gasteiger partial charge on any atom is 0.324 e. The summed E-state index contributed by atoms with van der Waals surface area (Å²) in [7, 11) is 3.26. The third kappa shape index (κ3) is 8.17. The summed E-state index contributed by atoms with van der Waals surface area (Å²) in [6.45, 7) is 3.57. The monoisotopic (exact) mass is 504 g/mol. The zero-order valence-corrected chi connectivity index (χ0v) is 21.6. The molecule has 0 fully saturated rings. The highest BCUT2D eigenvalue weighted by Crippen LogP contribution is 2.27. The predicted octanol–water partition coefficient (Wildman–Crippen LogP) is 5.43. The van der Waals surface area contributed by atoms with Crippen LogP contribution < -0.4 is 10.1 Å². The van der Waals surface area contributed by atoms with Crippen LogP contribution >= 0.6 is 0 Å². The molecule has 0 saturated heterocycles. The van der Waals surface area contributed by atoms with Crippen molar-refractivity contribution in [3.8, 4) is 5.75 Å². The molecular weight excluding hydrogens is 471 g/mol. The summed E-state index contributed by atoms with van der Waals surface area (Å²) in [6, 6.07) is 23.3. The number of benzene rings is 3. The summed E-state index contributed by atoms with van der Waals surface area (Å²) < 4.78 is 19.7. The van der Waals surface area contributed by atoms with Gasteiger partial charge in [0.25, 0.3) is 0 Å². The highest BCUT2D eigenvalue weighted by Gasteiger charge is 2.20. The van der Waals surface area contributed by atoms with Crippen LogP contribution in [-0.2, 0) is 23.4 Å². The minimum Gasteiger partial charge on any atom is -0.497 e. The van der Waals surface area contributed by atoms with Gasteiger partial charge in [-0.3, -0.25) is 15.0 Å². The fourth-order valence-corrected chi connectivity index (χ4v) is 3.60. The molecule has 0 spiro atoms. The zero-order chi connectivity index (χ0) is 26.8. The van der Waals surface area contributed by atoms with Crippen molar-refractivity contribution in [3.05, 3.63) is 95.6 Å². The number of methoxy groups -OCH3 is 1. The van der Waals surface area contributed by atoms with Crippen LogP contribution in [0.1, 0.15) is 30.5 Å². The molecule has 1 N–H and O–H groups in total. The maximum atomic E-state index is 14.5. The molecule has 0 aliphatic carbocycles. The van der Waals surface area contributed by atoms with Gasteiger partial charge >= 0.3 is 6.03 Å². The average molecular weight is 505 g/mol. The van der Waals surface area contributed by atoms with Crippen molar-refractivity contribution in [1.82, 2.24) is 15.1 Å². The first kappa shape index (κ1) is 27.4. The Bertz CT molecular complexity index is 1210. The standard InChI is InChI=1S/C29H33FN4O3/c1-29(2,30)24-11-8-12-25(19-24)31-27(32-28(36)33(3)20-23-9-6-5-7-10-23)34(21-35)18-17-22-13-15-26(37-4)16-14-22/h5-16,19,21H,17-18,20H2,1-4H3,(H,31,32,36). The number of amides is 3. The van der Waals surface area contributed by atoms with E-state index in [-0.39, 0.29) is 12.5 Å². The lowest BCUT2D eigenvalue weighted by molar-refractivity contribution is -0.114. The fourth-order valence-electron chi connectivity index (χ4n) is 3.60. The second-order valence-electron chi connectivity index (χ2n) is 9.13.